The van der Waals surface area contributed by atoms with Gasteiger partial charge in [0, 0.05) is 23.2 Å². The number of hydrogen-bond donors (Lipinski definition) is 0. The van der Waals surface area contributed by atoms with E-state index >= 15 is 0 Å². The van der Waals surface area contributed by atoms with E-state index in [4.69, 9.17) is 15.4 Å². The Morgan fingerprint density at radius 3 is 2.26 bits per heavy atom. The van der Waals surface area contributed by atoms with Crippen molar-refractivity contribution in [2.75, 3.05) is 19.0 Å². The highest BCUT2D eigenvalue weighted by atomic mass is 35.7. The van der Waals surface area contributed by atoms with E-state index in [1.54, 1.807) is 0 Å². The summed E-state index contributed by atoms with van der Waals surface area (Å²) >= 11 is 0. The van der Waals surface area contributed by atoms with Gasteiger partial charge in [-0.1, -0.05) is 40.0 Å². The molecule has 0 aliphatic heterocycles. The molecule has 0 saturated heterocycles. The van der Waals surface area contributed by atoms with Crippen LogP contribution in [0.5, 0.6) is 0 Å². The maximum atomic E-state index is 11.3. The van der Waals surface area contributed by atoms with Crippen molar-refractivity contribution in [2.45, 2.75) is 52.9 Å². The fraction of sp³-hybridized carbons (Fsp3) is 1.00. The van der Waals surface area contributed by atoms with E-state index in [1.807, 2.05) is 20.8 Å². The second kappa shape index (κ2) is 7.28. The van der Waals surface area contributed by atoms with Gasteiger partial charge < -0.3 is 4.74 Å². The van der Waals surface area contributed by atoms with Crippen molar-refractivity contribution in [1.29, 1.82) is 0 Å². The van der Waals surface area contributed by atoms with Crippen molar-refractivity contribution in [3.63, 3.8) is 0 Å². The molecule has 3 nitrogen and oxygen atoms in total. The second-order valence-corrected chi connectivity index (χ2v) is 9.63. The molecule has 19 heavy (non-hydrogen) atoms. The van der Waals surface area contributed by atoms with Gasteiger partial charge in [-0.2, -0.15) is 0 Å². The van der Waals surface area contributed by atoms with E-state index in [-0.39, 0.29) is 17.1 Å². The van der Waals surface area contributed by atoms with Crippen LogP contribution in [-0.4, -0.2) is 27.4 Å². The fourth-order valence-corrected chi connectivity index (χ4v) is 4.05. The lowest BCUT2D eigenvalue weighted by Crippen LogP contribution is -2.31. The van der Waals surface area contributed by atoms with Gasteiger partial charge in [0.1, 0.15) is 0 Å². The Kier molecular flexibility index (Phi) is 6.61. The summed E-state index contributed by atoms with van der Waals surface area (Å²) in [6.45, 7) is 7.33. The van der Waals surface area contributed by atoms with Crippen LogP contribution in [0.15, 0.2) is 0 Å². The van der Waals surface area contributed by atoms with Gasteiger partial charge in [-0.15, -0.1) is 0 Å². The third kappa shape index (κ3) is 7.52. The highest BCUT2D eigenvalue weighted by molar-refractivity contribution is 8.13. The largest absolute Gasteiger partial charge is 0.381 e. The molecule has 0 N–H and O–H groups in total. The first-order chi connectivity index (χ1) is 8.68. The summed E-state index contributed by atoms with van der Waals surface area (Å²) in [4.78, 5) is 0. The summed E-state index contributed by atoms with van der Waals surface area (Å²) < 4.78 is 28.3. The molecule has 1 aliphatic rings. The van der Waals surface area contributed by atoms with Crippen molar-refractivity contribution in [3.8, 4) is 0 Å². The molecule has 0 heterocycles. The first kappa shape index (κ1) is 17.3. The lowest BCUT2D eigenvalue weighted by atomic mass is 9.82. The van der Waals surface area contributed by atoms with Crippen molar-refractivity contribution in [1.82, 2.24) is 0 Å². The summed E-state index contributed by atoms with van der Waals surface area (Å²) in [6.07, 6.45) is 6.42. The Hall–Kier alpha value is 0.200. The van der Waals surface area contributed by atoms with Crippen LogP contribution >= 0.6 is 10.7 Å². The summed E-state index contributed by atoms with van der Waals surface area (Å²) in [5.41, 5.74) is -0.117. The fourth-order valence-electron chi connectivity index (χ4n) is 2.52. The monoisotopic (exact) mass is 310 g/mol. The van der Waals surface area contributed by atoms with E-state index in [0.717, 1.165) is 6.61 Å². The summed E-state index contributed by atoms with van der Waals surface area (Å²) in [7, 11) is 1.91. The Labute approximate surface area is 122 Å². The zero-order valence-electron chi connectivity index (χ0n) is 12.3. The molecule has 0 bridgehead atoms. The van der Waals surface area contributed by atoms with Crippen molar-refractivity contribution >= 4 is 19.7 Å². The number of halogens is 1. The van der Waals surface area contributed by atoms with Gasteiger partial charge in [0.25, 0.3) is 0 Å². The molecule has 1 fully saturated rings. The number of ether oxygens (including phenoxy) is 1. The summed E-state index contributed by atoms with van der Waals surface area (Å²) in [5, 5.41) is 0. The van der Waals surface area contributed by atoms with Crippen molar-refractivity contribution < 1.29 is 13.2 Å². The smallest absolute Gasteiger partial charge is 0.232 e. The molecule has 1 unspecified atom stereocenters. The highest BCUT2D eigenvalue weighted by Crippen LogP contribution is 2.29. The first-order valence-corrected chi connectivity index (χ1v) is 9.66. The Balaban J connectivity index is 2.40. The standard InChI is InChI=1S/C14H27ClO3S/c1-14(2,3)13(11-19(15,16)17)10-18-9-12-7-5-4-6-8-12/h12-13H,4-11H2,1-3H3. The van der Waals surface area contributed by atoms with E-state index < -0.39 is 9.05 Å². The van der Waals surface area contributed by atoms with Crippen LogP contribution in [0.4, 0.5) is 0 Å². The molecule has 0 amide bonds. The van der Waals surface area contributed by atoms with E-state index in [0.29, 0.717) is 12.5 Å². The molecule has 0 aromatic heterocycles. The summed E-state index contributed by atoms with van der Waals surface area (Å²) in [5.74, 6) is 0.587. The third-order valence-corrected chi connectivity index (χ3v) is 5.20. The molecule has 0 radical (unpaired) electrons. The van der Waals surface area contributed by atoms with Gasteiger partial charge in [-0.05, 0) is 24.2 Å². The maximum absolute atomic E-state index is 11.3. The summed E-state index contributed by atoms with van der Waals surface area (Å²) in [6, 6.07) is 0. The molecule has 1 aliphatic carbocycles. The predicted octanol–water partition coefficient (Wildman–Crippen LogP) is 3.81. The molecule has 1 atom stereocenters. The van der Waals surface area contributed by atoms with Crippen LogP contribution in [-0.2, 0) is 13.8 Å². The van der Waals surface area contributed by atoms with Crippen LogP contribution in [0, 0.1) is 17.3 Å². The Morgan fingerprint density at radius 1 is 1.21 bits per heavy atom. The SMILES string of the molecule is CC(C)(C)C(COCC1CCCCC1)CS(=O)(=O)Cl. The molecular weight excluding hydrogens is 284 g/mol. The van der Waals surface area contributed by atoms with Crippen LogP contribution < -0.4 is 0 Å². The minimum Gasteiger partial charge on any atom is -0.381 e. The van der Waals surface area contributed by atoms with Crippen molar-refractivity contribution in [2.24, 2.45) is 17.3 Å². The van der Waals surface area contributed by atoms with Gasteiger partial charge in [0.05, 0.1) is 12.4 Å². The van der Waals surface area contributed by atoms with Gasteiger partial charge in [0.2, 0.25) is 9.05 Å². The minimum absolute atomic E-state index is 0.0112. The molecule has 0 aromatic carbocycles. The zero-order chi connectivity index (χ0) is 14.5. The molecule has 0 aromatic rings. The van der Waals surface area contributed by atoms with Gasteiger partial charge in [-0.3, -0.25) is 0 Å². The Bertz CT molecular complexity index is 353. The molecule has 5 heteroatoms. The average molecular weight is 311 g/mol. The average Bonchev–Trinajstić information content (AvgIpc) is 2.26. The zero-order valence-corrected chi connectivity index (χ0v) is 13.9. The maximum Gasteiger partial charge on any atom is 0.232 e. The molecule has 114 valence electrons. The van der Waals surface area contributed by atoms with Crippen LogP contribution in [0.25, 0.3) is 0 Å². The molecule has 1 rings (SSSR count). The lowest BCUT2D eigenvalue weighted by molar-refractivity contribution is 0.0368. The second-order valence-electron chi connectivity index (χ2n) is 6.81. The molecule has 1 saturated carbocycles. The van der Waals surface area contributed by atoms with Gasteiger partial charge in [0.15, 0.2) is 0 Å². The lowest BCUT2D eigenvalue weighted by Gasteiger charge is -2.30. The number of hydrogen-bond acceptors (Lipinski definition) is 3. The van der Waals surface area contributed by atoms with Crippen LogP contribution in [0.2, 0.25) is 0 Å². The van der Waals surface area contributed by atoms with Crippen LogP contribution in [0.3, 0.4) is 0 Å². The molecular formula is C14H27ClO3S. The Morgan fingerprint density at radius 2 is 1.79 bits per heavy atom. The van der Waals surface area contributed by atoms with E-state index in [1.165, 1.54) is 32.1 Å². The quantitative estimate of drug-likeness (QED) is 0.701. The van der Waals surface area contributed by atoms with E-state index in [9.17, 15) is 8.42 Å². The van der Waals surface area contributed by atoms with Gasteiger partial charge in [-0.25, -0.2) is 8.42 Å². The number of rotatable bonds is 6. The normalized spacial score (nSPS) is 20.4. The first-order valence-electron chi connectivity index (χ1n) is 7.18. The topological polar surface area (TPSA) is 43.4 Å². The van der Waals surface area contributed by atoms with Crippen molar-refractivity contribution in [3.05, 3.63) is 0 Å². The van der Waals surface area contributed by atoms with Gasteiger partial charge >= 0.3 is 0 Å². The highest BCUT2D eigenvalue weighted by Gasteiger charge is 2.29. The minimum atomic E-state index is -3.47. The predicted molar refractivity (Wildman–Crippen MR) is 80.0 cm³/mol. The van der Waals surface area contributed by atoms with E-state index in [2.05, 4.69) is 0 Å². The van der Waals surface area contributed by atoms with Crippen LogP contribution in [0.1, 0.15) is 52.9 Å². The molecule has 0 spiro atoms. The third-order valence-electron chi connectivity index (χ3n) is 4.02.